The summed E-state index contributed by atoms with van der Waals surface area (Å²) in [5.41, 5.74) is 1.22. The van der Waals surface area contributed by atoms with Crippen LogP contribution in [-0.2, 0) is 0 Å². The first-order valence-electron chi connectivity index (χ1n) is 9.29. The highest BCUT2D eigenvalue weighted by molar-refractivity contribution is 7.99. The van der Waals surface area contributed by atoms with Gasteiger partial charge in [0.15, 0.2) is 5.16 Å². The maximum absolute atomic E-state index is 4.58. The molecule has 0 saturated heterocycles. The van der Waals surface area contributed by atoms with Gasteiger partial charge in [-0.2, -0.15) is 0 Å². The number of thiophene rings is 1. The van der Waals surface area contributed by atoms with Crippen molar-refractivity contribution in [3.8, 4) is 10.4 Å². The van der Waals surface area contributed by atoms with E-state index in [1.807, 2.05) is 6.07 Å². The molecule has 6 rings (SSSR count). The Labute approximate surface area is 164 Å². The molecule has 0 N–H and O–H groups in total. The summed E-state index contributed by atoms with van der Waals surface area (Å²) in [4.78, 5) is 11.3. The predicted molar refractivity (Wildman–Crippen MR) is 107 cm³/mol. The lowest BCUT2D eigenvalue weighted by Gasteiger charge is -2.07. The number of nitrogens with zero attached hydrogens (tertiary/aromatic N) is 5. The third-order valence-corrected chi connectivity index (χ3v) is 7.16. The minimum absolute atomic E-state index is 0.581. The van der Waals surface area contributed by atoms with Gasteiger partial charge in [0, 0.05) is 22.2 Å². The molecule has 0 aliphatic heterocycles. The average molecular weight is 392 g/mol. The molecule has 3 heterocycles. The number of aromatic nitrogens is 5. The minimum Gasteiger partial charge on any atom is -0.302 e. The summed E-state index contributed by atoms with van der Waals surface area (Å²) in [7, 11) is 0. The normalized spacial score (nSPS) is 16.9. The van der Waals surface area contributed by atoms with E-state index in [2.05, 4.69) is 55.1 Å². The van der Waals surface area contributed by atoms with Gasteiger partial charge in [-0.1, -0.05) is 30.3 Å². The summed E-state index contributed by atoms with van der Waals surface area (Å²) in [5.74, 6) is 1.80. The fourth-order valence-electron chi connectivity index (χ4n) is 3.40. The maximum atomic E-state index is 4.58. The van der Waals surface area contributed by atoms with Gasteiger partial charge in [-0.3, -0.25) is 0 Å². The van der Waals surface area contributed by atoms with E-state index in [9.17, 15) is 0 Å². The van der Waals surface area contributed by atoms with Crippen LogP contribution in [0.25, 0.3) is 20.7 Å². The first-order valence-corrected chi connectivity index (χ1v) is 10.9. The van der Waals surface area contributed by atoms with Crippen LogP contribution in [0, 0.1) is 0 Å². The molecule has 2 fully saturated rings. The Morgan fingerprint density at radius 1 is 1.00 bits per heavy atom. The lowest BCUT2D eigenvalue weighted by Crippen LogP contribution is -2.02. The van der Waals surface area contributed by atoms with Crippen LogP contribution in [-0.4, -0.2) is 24.7 Å². The molecule has 0 radical (unpaired) electrons. The fourth-order valence-corrected chi connectivity index (χ4v) is 5.43. The zero-order valence-corrected chi connectivity index (χ0v) is 16.2. The molecule has 1 aromatic carbocycles. The smallest absolute Gasteiger partial charge is 0.197 e. The van der Waals surface area contributed by atoms with E-state index < -0.39 is 0 Å². The standard InChI is InChI=1S/C20H17N5S2/c1-2-4-12(5-3-1)16-10-15-18(26-16)21-11-22-19(15)27-20-24-23-17(13-6-7-13)25(20)14-8-9-14/h1-5,10-11,13-14H,6-9H2. The van der Waals surface area contributed by atoms with Crippen molar-refractivity contribution in [1.29, 1.82) is 0 Å². The topological polar surface area (TPSA) is 56.5 Å². The zero-order chi connectivity index (χ0) is 17.8. The monoisotopic (exact) mass is 391 g/mol. The van der Waals surface area contributed by atoms with Crippen LogP contribution in [0.4, 0.5) is 0 Å². The van der Waals surface area contributed by atoms with Gasteiger partial charge in [0.25, 0.3) is 0 Å². The van der Waals surface area contributed by atoms with Crippen molar-refractivity contribution in [3.05, 3.63) is 48.5 Å². The van der Waals surface area contributed by atoms with Gasteiger partial charge in [-0.15, -0.1) is 21.5 Å². The molecule has 2 aliphatic carbocycles. The third kappa shape index (κ3) is 2.85. The molecule has 5 nitrogen and oxygen atoms in total. The average Bonchev–Trinajstić information content (AvgIpc) is 3.64. The van der Waals surface area contributed by atoms with E-state index in [0.717, 1.165) is 20.4 Å². The Hall–Kier alpha value is -2.25. The van der Waals surface area contributed by atoms with Crippen LogP contribution in [0.15, 0.2) is 52.9 Å². The summed E-state index contributed by atoms with van der Waals surface area (Å²) in [5, 5.41) is 12.1. The third-order valence-electron chi connectivity index (χ3n) is 5.08. The Balaban J connectivity index is 1.41. The molecule has 0 bridgehead atoms. The molecule has 27 heavy (non-hydrogen) atoms. The number of rotatable bonds is 5. The lowest BCUT2D eigenvalue weighted by atomic mass is 10.2. The van der Waals surface area contributed by atoms with Crippen molar-refractivity contribution in [2.75, 3.05) is 0 Å². The van der Waals surface area contributed by atoms with Gasteiger partial charge in [-0.25, -0.2) is 9.97 Å². The highest BCUT2D eigenvalue weighted by atomic mass is 32.2. The van der Waals surface area contributed by atoms with Crippen LogP contribution in [0.3, 0.4) is 0 Å². The Bertz CT molecular complexity index is 1130. The minimum atomic E-state index is 0.581. The Morgan fingerprint density at radius 2 is 1.85 bits per heavy atom. The van der Waals surface area contributed by atoms with Gasteiger partial charge in [-0.05, 0) is 49.1 Å². The molecule has 0 spiro atoms. The van der Waals surface area contributed by atoms with Gasteiger partial charge in [0.2, 0.25) is 0 Å². The van der Waals surface area contributed by atoms with Crippen LogP contribution in [0.1, 0.15) is 43.5 Å². The maximum Gasteiger partial charge on any atom is 0.197 e. The molecular formula is C20H17N5S2. The summed E-state index contributed by atoms with van der Waals surface area (Å²) in [6, 6.07) is 13.2. The van der Waals surface area contributed by atoms with Gasteiger partial charge < -0.3 is 4.57 Å². The van der Waals surface area contributed by atoms with Crippen LogP contribution in [0.2, 0.25) is 0 Å². The molecular weight excluding hydrogens is 374 g/mol. The Kier molecular flexibility index (Phi) is 3.59. The highest BCUT2D eigenvalue weighted by Crippen LogP contribution is 2.47. The second-order valence-corrected chi connectivity index (χ2v) is 9.18. The summed E-state index contributed by atoms with van der Waals surface area (Å²) in [6.07, 6.45) is 6.63. The van der Waals surface area contributed by atoms with Crippen LogP contribution < -0.4 is 0 Å². The van der Waals surface area contributed by atoms with Crippen molar-refractivity contribution in [3.63, 3.8) is 0 Å². The van der Waals surface area contributed by atoms with E-state index >= 15 is 0 Å². The van der Waals surface area contributed by atoms with Gasteiger partial charge >= 0.3 is 0 Å². The van der Waals surface area contributed by atoms with E-state index in [1.165, 1.54) is 41.9 Å². The van der Waals surface area contributed by atoms with Gasteiger partial charge in [0.1, 0.15) is 22.0 Å². The number of fused-ring (bicyclic) bond motifs is 1. The van der Waals surface area contributed by atoms with E-state index in [-0.39, 0.29) is 0 Å². The second kappa shape index (κ2) is 6.14. The number of benzene rings is 1. The molecule has 3 aromatic heterocycles. The molecule has 2 saturated carbocycles. The predicted octanol–water partition coefficient (Wildman–Crippen LogP) is 5.31. The quantitative estimate of drug-likeness (QED) is 0.431. The largest absolute Gasteiger partial charge is 0.302 e. The van der Waals surface area contributed by atoms with Crippen molar-refractivity contribution in [2.45, 2.75) is 47.8 Å². The van der Waals surface area contributed by atoms with Crippen molar-refractivity contribution >= 4 is 33.3 Å². The molecule has 0 atom stereocenters. The molecule has 4 aromatic rings. The van der Waals surface area contributed by atoms with Crippen molar-refractivity contribution in [1.82, 2.24) is 24.7 Å². The second-order valence-electron chi connectivity index (χ2n) is 7.19. The molecule has 7 heteroatoms. The summed E-state index contributed by atoms with van der Waals surface area (Å²) >= 11 is 3.34. The fraction of sp³-hybridized carbons (Fsp3) is 0.300. The van der Waals surface area contributed by atoms with E-state index in [0.29, 0.717) is 12.0 Å². The van der Waals surface area contributed by atoms with Crippen LogP contribution in [0.5, 0.6) is 0 Å². The lowest BCUT2D eigenvalue weighted by molar-refractivity contribution is 0.626. The molecule has 134 valence electrons. The molecule has 0 amide bonds. The van der Waals surface area contributed by atoms with Crippen LogP contribution >= 0.6 is 23.1 Å². The molecule has 0 unspecified atom stereocenters. The number of hydrogen-bond acceptors (Lipinski definition) is 6. The first kappa shape index (κ1) is 15.8. The van der Waals surface area contributed by atoms with Crippen molar-refractivity contribution in [2.24, 2.45) is 0 Å². The van der Waals surface area contributed by atoms with Gasteiger partial charge in [0.05, 0.1) is 0 Å². The SMILES string of the molecule is c1ccc(-c2cc3c(Sc4nnc(C5CC5)n4C4CC4)ncnc3s2)cc1. The molecule has 2 aliphatic rings. The number of hydrogen-bond donors (Lipinski definition) is 0. The Morgan fingerprint density at radius 3 is 2.63 bits per heavy atom. The first-order chi connectivity index (χ1) is 13.4. The summed E-state index contributed by atoms with van der Waals surface area (Å²) < 4.78 is 2.38. The highest BCUT2D eigenvalue weighted by Gasteiger charge is 2.36. The van der Waals surface area contributed by atoms with E-state index in [1.54, 1.807) is 29.4 Å². The van der Waals surface area contributed by atoms with Crippen molar-refractivity contribution < 1.29 is 0 Å². The zero-order valence-electron chi connectivity index (χ0n) is 14.6. The van der Waals surface area contributed by atoms with E-state index in [4.69, 9.17) is 0 Å². The summed E-state index contributed by atoms with van der Waals surface area (Å²) in [6.45, 7) is 0.